The fraction of sp³-hybridized carbons (Fsp3) is 0.778. The van der Waals surface area contributed by atoms with Gasteiger partial charge in [0, 0.05) is 0 Å². The molecule has 0 heteroatoms. The van der Waals surface area contributed by atoms with Gasteiger partial charge in [-0.1, -0.05) is 76.2 Å². The zero-order valence-corrected chi connectivity index (χ0v) is 12.8. The van der Waals surface area contributed by atoms with Crippen molar-refractivity contribution >= 4 is 0 Å². The highest BCUT2D eigenvalue weighted by Gasteiger charge is 1.90. The molecule has 0 heterocycles. The molecule has 0 N–H and O–H groups in total. The predicted molar refractivity (Wildman–Crippen MR) is 85.0 cm³/mol. The van der Waals surface area contributed by atoms with Gasteiger partial charge in [0.05, 0.1) is 0 Å². The van der Waals surface area contributed by atoms with Crippen LogP contribution in [0.2, 0.25) is 0 Å². The minimum atomic E-state index is 1.23. The van der Waals surface area contributed by atoms with Crippen LogP contribution in [0, 0.1) is 0 Å². The van der Waals surface area contributed by atoms with Crippen molar-refractivity contribution in [1.29, 1.82) is 0 Å². The quantitative estimate of drug-likeness (QED) is 0.248. The molecule has 106 valence electrons. The molecule has 0 saturated carbocycles. The molecular formula is C18H34. The summed E-state index contributed by atoms with van der Waals surface area (Å²) in [6.07, 6.45) is 25.6. The van der Waals surface area contributed by atoms with E-state index >= 15 is 0 Å². The summed E-state index contributed by atoms with van der Waals surface area (Å²) in [6, 6.07) is 0. The van der Waals surface area contributed by atoms with Crippen molar-refractivity contribution in [2.75, 3.05) is 0 Å². The van der Waals surface area contributed by atoms with Crippen LogP contribution in [0.1, 0.15) is 90.9 Å². The zero-order valence-electron chi connectivity index (χ0n) is 12.8. The highest BCUT2D eigenvalue weighted by molar-refractivity contribution is 4.83. The highest BCUT2D eigenvalue weighted by Crippen LogP contribution is 2.10. The Morgan fingerprint density at radius 2 is 1.06 bits per heavy atom. The lowest BCUT2D eigenvalue weighted by Crippen LogP contribution is -1.80. The Bertz CT molecular complexity index is 188. The highest BCUT2D eigenvalue weighted by atomic mass is 14.0. The number of hydrogen-bond donors (Lipinski definition) is 0. The molecule has 0 rings (SSSR count). The van der Waals surface area contributed by atoms with Crippen molar-refractivity contribution in [3.63, 3.8) is 0 Å². The van der Waals surface area contributed by atoms with Gasteiger partial charge in [0.15, 0.2) is 0 Å². The number of allylic oxidation sites excluding steroid dienone is 4. The molecule has 0 aromatic rings. The number of rotatable bonds is 13. The molecule has 0 fully saturated rings. The molecule has 0 aromatic carbocycles. The van der Waals surface area contributed by atoms with Gasteiger partial charge in [0.1, 0.15) is 0 Å². The molecule has 0 spiro atoms. The number of unbranched alkanes of at least 4 members (excludes halogenated alkanes) is 10. The summed E-state index contributed by atoms with van der Waals surface area (Å²) in [5, 5.41) is 0. The van der Waals surface area contributed by atoms with E-state index in [1.54, 1.807) is 0 Å². The van der Waals surface area contributed by atoms with Gasteiger partial charge in [-0.05, 0) is 39.0 Å². The van der Waals surface area contributed by atoms with Gasteiger partial charge in [-0.3, -0.25) is 0 Å². The summed E-state index contributed by atoms with van der Waals surface area (Å²) in [5.74, 6) is 0. The zero-order chi connectivity index (χ0) is 13.3. The monoisotopic (exact) mass is 250 g/mol. The second-order valence-electron chi connectivity index (χ2n) is 5.23. The van der Waals surface area contributed by atoms with Crippen molar-refractivity contribution in [1.82, 2.24) is 0 Å². The van der Waals surface area contributed by atoms with E-state index in [0.29, 0.717) is 0 Å². The first-order valence-corrected chi connectivity index (χ1v) is 8.18. The second-order valence-corrected chi connectivity index (χ2v) is 5.23. The van der Waals surface area contributed by atoms with E-state index in [1.165, 1.54) is 77.0 Å². The minimum absolute atomic E-state index is 1.23. The van der Waals surface area contributed by atoms with E-state index in [0.717, 1.165) is 0 Å². The van der Waals surface area contributed by atoms with E-state index in [1.807, 2.05) is 0 Å². The molecule has 0 aliphatic heterocycles. The van der Waals surface area contributed by atoms with Gasteiger partial charge in [-0.25, -0.2) is 0 Å². The molecule has 0 atom stereocenters. The van der Waals surface area contributed by atoms with Gasteiger partial charge >= 0.3 is 0 Å². The molecule has 0 aromatic heterocycles. The lowest BCUT2D eigenvalue weighted by atomic mass is 10.1. The Labute approximate surface area is 116 Å². The van der Waals surface area contributed by atoms with Crippen LogP contribution in [0.4, 0.5) is 0 Å². The third kappa shape index (κ3) is 15.5. The van der Waals surface area contributed by atoms with Crippen LogP contribution in [0.25, 0.3) is 0 Å². The standard InChI is InChI=1S/C18H34/c1-3-5-7-9-11-13-15-17-18-16-14-12-10-8-6-4-2/h3,5,13,15H,4,6-12,14,16-18H2,1-2H3. The molecule has 0 nitrogen and oxygen atoms in total. The van der Waals surface area contributed by atoms with Crippen LogP contribution >= 0.6 is 0 Å². The molecule has 0 aliphatic rings. The molecule has 0 saturated heterocycles. The van der Waals surface area contributed by atoms with Crippen LogP contribution in [-0.4, -0.2) is 0 Å². The first-order valence-electron chi connectivity index (χ1n) is 8.18. The Morgan fingerprint density at radius 1 is 0.556 bits per heavy atom. The van der Waals surface area contributed by atoms with Crippen molar-refractivity contribution in [3.8, 4) is 0 Å². The Kier molecular flexibility index (Phi) is 16.0. The lowest BCUT2D eigenvalue weighted by Gasteiger charge is -1.99. The summed E-state index contributed by atoms with van der Waals surface area (Å²) in [6.45, 7) is 4.38. The second kappa shape index (κ2) is 16.5. The van der Waals surface area contributed by atoms with Gasteiger partial charge in [0.2, 0.25) is 0 Å². The first kappa shape index (κ1) is 17.5. The molecule has 0 amide bonds. The molecule has 0 aliphatic carbocycles. The van der Waals surface area contributed by atoms with E-state index in [9.17, 15) is 0 Å². The fourth-order valence-electron chi connectivity index (χ4n) is 2.15. The number of hydrogen-bond acceptors (Lipinski definition) is 0. The minimum Gasteiger partial charge on any atom is -0.0917 e. The SMILES string of the molecule is CC=CCCCC=CCCCCCCCCCC. The Hall–Kier alpha value is -0.520. The smallest absolute Gasteiger partial charge is 0.0348 e. The van der Waals surface area contributed by atoms with Crippen LogP contribution in [0.15, 0.2) is 24.3 Å². The normalized spacial score (nSPS) is 11.9. The average Bonchev–Trinajstić information content (AvgIpc) is 2.39. The van der Waals surface area contributed by atoms with Gasteiger partial charge < -0.3 is 0 Å². The summed E-state index contributed by atoms with van der Waals surface area (Å²) >= 11 is 0. The van der Waals surface area contributed by atoms with E-state index < -0.39 is 0 Å². The van der Waals surface area contributed by atoms with E-state index in [-0.39, 0.29) is 0 Å². The Balaban J connectivity index is 3.03. The molecule has 0 bridgehead atoms. The average molecular weight is 250 g/mol. The summed E-state index contributed by atoms with van der Waals surface area (Å²) in [7, 11) is 0. The first-order chi connectivity index (χ1) is 8.91. The van der Waals surface area contributed by atoms with Crippen LogP contribution in [0.5, 0.6) is 0 Å². The van der Waals surface area contributed by atoms with Crippen molar-refractivity contribution < 1.29 is 0 Å². The fourth-order valence-corrected chi connectivity index (χ4v) is 2.15. The predicted octanol–water partition coefficient (Wildman–Crippen LogP) is 6.82. The van der Waals surface area contributed by atoms with Crippen LogP contribution < -0.4 is 0 Å². The van der Waals surface area contributed by atoms with Crippen molar-refractivity contribution in [3.05, 3.63) is 24.3 Å². The summed E-state index contributed by atoms with van der Waals surface area (Å²) in [4.78, 5) is 0. The van der Waals surface area contributed by atoms with E-state index in [2.05, 4.69) is 38.2 Å². The lowest BCUT2D eigenvalue weighted by molar-refractivity contribution is 0.577. The maximum absolute atomic E-state index is 2.38. The molecule has 0 radical (unpaired) electrons. The third-order valence-corrected chi connectivity index (χ3v) is 3.37. The topological polar surface area (TPSA) is 0 Å². The summed E-state index contributed by atoms with van der Waals surface area (Å²) < 4.78 is 0. The van der Waals surface area contributed by atoms with Gasteiger partial charge in [0.25, 0.3) is 0 Å². The molecule has 0 unspecified atom stereocenters. The van der Waals surface area contributed by atoms with Crippen LogP contribution in [-0.2, 0) is 0 Å². The molecule has 18 heavy (non-hydrogen) atoms. The molecular weight excluding hydrogens is 216 g/mol. The van der Waals surface area contributed by atoms with Gasteiger partial charge in [-0.2, -0.15) is 0 Å². The maximum atomic E-state index is 2.38. The largest absolute Gasteiger partial charge is 0.0917 e. The Morgan fingerprint density at radius 3 is 1.67 bits per heavy atom. The third-order valence-electron chi connectivity index (χ3n) is 3.37. The van der Waals surface area contributed by atoms with E-state index in [4.69, 9.17) is 0 Å². The van der Waals surface area contributed by atoms with Crippen molar-refractivity contribution in [2.45, 2.75) is 90.9 Å². The maximum Gasteiger partial charge on any atom is -0.0348 e. The van der Waals surface area contributed by atoms with Gasteiger partial charge in [-0.15, -0.1) is 0 Å². The van der Waals surface area contributed by atoms with Crippen molar-refractivity contribution in [2.24, 2.45) is 0 Å². The van der Waals surface area contributed by atoms with Crippen LogP contribution in [0.3, 0.4) is 0 Å². The summed E-state index contributed by atoms with van der Waals surface area (Å²) in [5.41, 5.74) is 0.